The largest absolute Gasteiger partial charge is 0.493 e. The van der Waals surface area contributed by atoms with Gasteiger partial charge in [-0.3, -0.25) is 5.41 Å². The Bertz CT molecular complexity index is 749. The molecule has 10 heteroatoms. The van der Waals surface area contributed by atoms with E-state index < -0.39 is 35.6 Å². The Hall–Kier alpha value is -1.52. The summed E-state index contributed by atoms with van der Waals surface area (Å²) in [6.07, 6.45) is 0.442. The molecule has 1 saturated heterocycles. The van der Waals surface area contributed by atoms with E-state index in [2.05, 4.69) is 6.92 Å². The van der Waals surface area contributed by atoms with Crippen molar-refractivity contribution in [2.24, 2.45) is 0 Å². The van der Waals surface area contributed by atoms with Crippen LogP contribution in [0.5, 0.6) is 0 Å². The van der Waals surface area contributed by atoms with Gasteiger partial charge in [-0.05, 0) is 72.5 Å². The SMILES string of the molecule is CCCC(C)(C)O/C(C)=C/C(BOC(C)(C)C(C)(C)OC)=C\C(=N)N1CCOCC1C(F)(F)F. The molecule has 0 bridgehead atoms. The minimum absolute atomic E-state index is 0.0153. The summed E-state index contributed by atoms with van der Waals surface area (Å²) >= 11 is 0. The Morgan fingerprint density at radius 1 is 1.12 bits per heavy atom. The first kappa shape index (κ1) is 30.5. The van der Waals surface area contributed by atoms with Crippen molar-refractivity contribution >= 4 is 13.3 Å². The van der Waals surface area contributed by atoms with Gasteiger partial charge in [0.1, 0.15) is 17.5 Å². The van der Waals surface area contributed by atoms with Crippen LogP contribution in [0.2, 0.25) is 0 Å². The fourth-order valence-electron chi connectivity index (χ4n) is 3.61. The summed E-state index contributed by atoms with van der Waals surface area (Å²) in [5.74, 6) is 0.351. The third-order valence-corrected chi connectivity index (χ3v) is 6.38. The summed E-state index contributed by atoms with van der Waals surface area (Å²) in [6.45, 7) is 15.0. The normalized spacial score (nSPS) is 19.3. The molecular formula is C24H42BF3N2O4. The van der Waals surface area contributed by atoms with Crippen LogP contribution in [0.15, 0.2) is 23.4 Å². The molecule has 0 spiro atoms. The highest BCUT2D eigenvalue weighted by Crippen LogP contribution is 2.30. The number of hydrogen-bond acceptors (Lipinski definition) is 5. The van der Waals surface area contributed by atoms with Crippen molar-refractivity contribution in [1.82, 2.24) is 4.90 Å². The van der Waals surface area contributed by atoms with Gasteiger partial charge < -0.3 is 23.8 Å². The lowest BCUT2D eigenvalue weighted by molar-refractivity contribution is -0.199. The molecule has 1 atom stereocenters. The van der Waals surface area contributed by atoms with Crippen LogP contribution in [-0.2, 0) is 18.9 Å². The van der Waals surface area contributed by atoms with Crippen molar-refractivity contribution in [3.63, 3.8) is 0 Å². The molecule has 0 aromatic rings. The first-order chi connectivity index (χ1) is 15.5. The standard InChI is InChI=1S/C24H42BF3N2O4/c1-10-11-21(3,4)33-17(2)14-18(25-34-23(7,8)22(5,6)31-9)15-20(29)30-12-13-32-16-19(30)24(26,27)28/h14-15,19,25,29H,10-13,16H2,1-9H3/b17-14+,18-15+,29-20?. The molecule has 0 aromatic carbocycles. The maximum Gasteiger partial charge on any atom is 0.411 e. The molecule has 1 unspecified atom stereocenters. The number of halogens is 3. The average Bonchev–Trinajstić information content (AvgIpc) is 2.70. The second kappa shape index (κ2) is 11.9. The number of morpholine rings is 1. The van der Waals surface area contributed by atoms with Crippen molar-refractivity contribution < 1.29 is 32.0 Å². The summed E-state index contributed by atoms with van der Waals surface area (Å²) in [5, 5.41) is 8.45. The number of nitrogens with one attached hydrogen (secondary N) is 1. The van der Waals surface area contributed by atoms with E-state index in [1.54, 1.807) is 20.1 Å². The van der Waals surface area contributed by atoms with E-state index in [4.69, 9.17) is 24.3 Å². The van der Waals surface area contributed by atoms with Gasteiger partial charge >= 0.3 is 13.7 Å². The van der Waals surface area contributed by atoms with E-state index in [1.807, 2.05) is 41.5 Å². The van der Waals surface area contributed by atoms with Crippen molar-refractivity contribution in [3.8, 4) is 0 Å². The summed E-state index contributed by atoms with van der Waals surface area (Å²) in [5.41, 5.74) is -1.18. The Morgan fingerprint density at radius 2 is 1.74 bits per heavy atom. The van der Waals surface area contributed by atoms with Gasteiger partial charge in [0.05, 0.1) is 30.2 Å². The topological polar surface area (TPSA) is 64.0 Å². The van der Waals surface area contributed by atoms with Crippen LogP contribution in [0.25, 0.3) is 0 Å². The van der Waals surface area contributed by atoms with Crippen LogP contribution in [0.1, 0.15) is 68.2 Å². The zero-order valence-electron chi connectivity index (χ0n) is 22.2. The van der Waals surface area contributed by atoms with Gasteiger partial charge in [0.25, 0.3) is 0 Å². The third kappa shape index (κ3) is 8.93. The second-order valence-electron chi connectivity index (χ2n) is 10.3. The molecule has 0 amide bonds. The van der Waals surface area contributed by atoms with E-state index in [9.17, 15) is 13.2 Å². The van der Waals surface area contributed by atoms with Gasteiger partial charge in [-0.1, -0.05) is 13.3 Å². The summed E-state index contributed by atoms with van der Waals surface area (Å²) < 4.78 is 63.4. The Balaban J connectivity index is 3.25. The lowest BCUT2D eigenvalue weighted by Gasteiger charge is -2.41. The maximum atomic E-state index is 13.5. The quantitative estimate of drug-likeness (QED) is 0.142. The molecule has 0 aliphatic carbocycles. The van der Waals surface area contributed by atoms with Crippen molar-refractivity contribution in [1.29, 1.82) is 5.41 Å². The monoisotopic (exact) mass is 490 g/mol. The van der Waals surface area contributed by atoms with E-state index in [1.165, 1.54) is 6.08 Å². The average molecular weight is 490 g/mol. The molecule has 0 radical (unpaired) electrons. The van der Waals surface area contributed by atoms with E-state index in [0.717, 1.165) is 17.7 Å². The molecule has 1 aliphatic rings. The minimum Gasteiger partial charge on any atom is -0.493 e. The zero-order valence-corrected chi connectivity index (χ0v) is 22.2. The number of rotatable bonds is 11. The molecule has 0 saturated carbocycles. The molecule has 6 nitrogen and oxygen atoms in total. The number of methoxy groups -OCH3 is 1. The van der Waals surface area contributed by atoms with Crippen LogP contribution in [-0.4, -0.2) is 74.1 Å². The maximum absolute atomic E-state index is 13.5. The molecule has 196 valence electrons. The highest BCUT2D eigenvalue weighted by molar-refractivity contribution is 6.40. The third-order valence-electron chi connectivity index (χ3n) is 6.38. The van der Waals surface area contributed by atoms with Crippen molar-refractivity contribution in [2.45, 2.75) is 97.3 Å². The molecule has 34 heavy (non-hydrogen) atoms. The van der Waals surface area contributed by atoms with Crippen molar-refractivity contribution in [3.05, 3.63) is 23.4 Å². The van der Waals surface area contributed by atoms with Crippen molar-refractivity contribution in [2.75, 3.05) is 26.9 Å². The molecule has 1 heterocycles. The number of alkyl halides is 3. The van der Waals surface area contributed by atoms with Gasteiger partial charge in [-0.25, -0.2) is 0 Å². The molecule has 0 aromatic heterocycles. The van der Waals surface area contributed by atoms with E-state index in [-0.39, 0.29) is 26.5 Å². The van der Waals surface area contributed by atoms with Gasteiger partial charge in [0.15, 0.2) is 0 Å². The van der Waals surface area contributed by atoms with Crippen LogP contribution in [0.3, 0.4) is 0 Å². The fraction of sp³-hybridized carbons (Fsp3) is 0.792. The summed E-state index contributed by atoms with van der Waals surface area (Å²) in [7, 11) is 1.67. The summed E-state index contributed by atoms with van der Waals surface area (Å²) in [4.78, 5) is 1.03. The van der Waals surface area contributed by atoms with Gasteiger partial charge in [0, 0.05) is 13.7 Å². The molecule has 1 aliphatic heterocycles. The summed E-state index contributed by atoms with van der Waals surface area (Å²) in [6, 6.07) is -1.86. The second-order valence-corrected chi connectivity index (χ2v) is 10.3. The van der Waals surface area contributed by atoms with Crippen LogP contribution in [0, 0.1) is 5.41 Å². The number of nitrogens with zero attached hydrogens (tertiary/aromatic N) is 1. The predicted molar refractivity (Wildman–Crippen MR) is 130 cm³/mol. The predicted octanol–water partition coefficient (Wildman–Crippen LogP) is 5.18. The van der Waals surface area contributed by atoms with Crippen LogP contribution >= 0.6 is 0 Å². The first-order valence-corrected chi connectivity index (χ1v) is 11.7. The first-order valence-electron chi connectivity index (χ1n) is 11.7. The molecule has 1 rings (SSSR count). The van der Waals surface area contributed by atoms with Gasteiger partial charge in [-0.2, -0.15) is 13.2 Å². The van der Waals surface area contributed by atoms with Crippen LogP contribution in [0.4, 0.5) is 13.2 Å². The zero-order chi connectivity index (χ0) is 26.4. The lowest BCUT2D eigenvalue weighted by atomic mass is 9.81. The Morgan fingerprint density at radius 3 is 2.26 bits per heavy atom. The molecule has 1 N–H and O–H groups in total. The van der Waals surface area contributed by atoms with Crippen LogP contribution < -0.4 is 0 Å². The molecular weight excluding hydrogens is 448 g/mol. The smallest absolute Gasteiger partial charge is 0.411 e. The number of amidine groups is 1. The minimum atomic E-state index is -4.50. The highest BCUT2D eigenvalue weighted by Gasteiger charge is 2.46. The van der Waals surface area contributed by atoms with E-state index in [0.29, 0.717) is 11.2 Å². The fourth-order valence-corrected chi connectivity index (χ4v) is 3.61. The lowest BCUT2D eigenvalue weighted by Crippen LogP contribution is -2.55. The van der Waals surface area contributed by atoms with E-state index >= 15 is 0 Å². The van der Waals surface area contributed by atoms with Gasteiger partial charge in [-0.15, -0.1) is 0 Å². The number of ether oxygens (including phenoxy) is 3. The Labute approximate surface area is 203 Å². The highest BCUT2D eigenvalue weighted by atomic mass is 19.4. The van der Waals surface area contributed by atoms with Gasteiger partial charge in [0.2, 0.25) is 0 Å². The Kier molecular flexibility index (Phi) is 10.7. The molecule has 1 fully saturated rings. The number of hydrogen-bond donors (Lipinski definition) is 1. The number of allylic oxidation sites excluding steroid dienone is 3.